The van der Waals surface area contributed by atoms with Gasteiger partial charge in [-0.05, 0) is 12.1 Å². The van der Waals surface area contributed by atoms with Gasteiger partial charge in [0.15, 0.2) is 0 Å². The monoisotopic (exact) mass is 275 g/mol. The van der Waals surface area contributed by atoms with Gasteiger partial charge in [-0.3, -0.25) is 4.79 Å². The molecule has 0 saturated heterocycles. The van der Waals surface area contributed by atoms with Gasteiger partial charge in [0, 0.05) is 32.1 Å². The van der Waals surface area contributed by atoms with E-state index in [0.717, 1.165) is 5.56 Å². The maximum atomic E-state index is 11.5. The van der Waals surface area contributed by atoms with E-state index in [1.807, 2.05) is 30.3 Å². The Morgan fingerprint density at radius 1 is 1.30 bits per heavy atom. The fraction of sp³-hybridized carbons (Fsp3) is 0.357. The second-order valence-electron chi connectivity index (χ2n) is 4.21. The second kappa shape index (κ2) is 7.40. The summed E-state index contributed by atoms with van der Waals surface area (Å²) in [4.78, 5) is 11.5. The number of aryl methyl sites for hydroxylation is 1. The Kier molecular flexibility index (Phi) is 5.25. The third-order valence-corrected chi connectivity index (χ3v) is 2.68. The molecule has 2 aromatic rings. The fourth-order valence-corrected chi connectivity index (χ4v) is 1.65. The third-order valence-electron chi connectivity index (χ3n) is 2.68. The Balaban J connectivity index is 1.83. The van der Waals surface area contributed by atoms with E-state index < -0.39 is 0 Å². The molecule has 0 aliphatic carbocycles. The highest BCUT2D eigenvalue weighted by Gasteiger charge is 2.09. The topological polar surface area (TPSA) is 77.2 Å². The molecule has 106 valence electrons. The van der Waals surface area contributed by atoms with Crippen LogP contribution < -0.4 is 5.32 Å². The standard InChI is InChI=1S/C14H17N3O3/c1-19-10-9-15-12(18)7-8-13-16-17-14(20-13)11-5-3-2-4-6-11/h2-6H,7-10H2,1H3,(H,15,18). The van der Waals surface area contributed by atoms with Gasteiger partial charge in [0.2, 0.25) is 17.7 Å². The molecule has 1 N–H and O–H groups in total. The van der Waals surface area contributed by atoms with Gasteiger partial charge < -0.3 is 14.5 Å². The number of amides is 1. The molecule has 1 amide bonds. The predicted molar refractivity (Wildman–Crippen MR) is 72.9 cm³/mol. The van der Waals surface area contributed by atoms with Gasteiger partial charge in [-0.1, -0.05) is 18.2 Å². The Labute approximate surface area is 117 Å². The summed E-state index contributed by atoms with van der Waals surface area (Å²) in [5, 5.41) is 10.6. The maximum Gasteiger partial charge on any atom is 0.247 e. The molecule has 0 fully saturated rings. The highest BCUT2D eigenvalue weighted by atomic mass is 16.5. The molecular formula is C14H17N3O3. The molecule has 0 aliphatic rings. The molecule has 2 rings (SSSR count). The number of nitrogens with zero attached hydrogens (tertiary/aromatic N) is 2. The number of benzene rings is 1. The van der Waals surface area contributed by atoms with Crippen molar-refractivity contribution in [2.75, 3.05) is 20.3 Å². The van der Waals surface area contributed by atoms with E-state index >= 15 is 0 Å². The summed E-state index contributed by atoms with van der Waals surface area (Å²) in [7, 11) is 1.59. The van der Waals surface area contributed by atoms with Crippen LogP contribution in [0.15, 0.2) is 34.7 Å². The maximum absolute atomic E-state index is 11.5. The molecule has 0 saturated carbocycles. The molecule has 0 radical (unpaired) electrons. The van der Waals surface area contributed by atoms with Crippen LogP contribution >= 0.6 is 0 Å². The molecule has 1 heterocycles. The molecule has 0 bridgehead atoms. The van der Waals surface area contributed by atoms with Gasteiger partial charge in [0.25, 0.3) is 0 Å². The Hall–Kier alpha value is -2.21. The van der Waals surface area contributed by atoms with E-state index in [-0.39, 0.29) is 5.91 Å². The van der Waals surface area contributed by atoms with Crippen LogP contribution in [0.2, 0.25) is 0 Å². The van der Waals surface area contributed by atoms with E-state index in [1.54, 1.807) is 7.11 Å². The molecule has 0 aliphatic heterocycles. The first-order valence-corrected chi connectivity index (χ1v) is 6.43. The lowest BCUT2D eigenvalue weighted by Crippen LogP contribution is -2.27. The number of aromatic nitrogens is 2. The zero-order valence-electron chi connectivity index (χ0n) is 11.3. The highest BCUT2D eigenvalue weighted by molar-refractivity contribution is 5.75. The molecule has 0 unspecified atom stereocenters. The minimum atomic E-state index is -0.0542. The summed E-state index contributed by atoms with van der Waals surface area (Å²) >= 11 is 0. The van der Waals surface area contributed by atoms with Crippen molar-refractivity contribution in [1.82, 2.24) is 15.5 Å². The number of ether oxygens (including phenoxy) is 1. The summed E-state index contributed by atoms with van der Waals surface area (Å²) in [6, 6.07) is 9.53. The number of nitrogens with one attached hydrogen (secondary N) is 1. The van der Waals surface area contributed by atoms with Gasteiger partial charge >= 0.3 is 0 Å². The average Bonchev–Trinajstić information content (AvgIpc) is 2.95. The highest BCUT2D eigenvalue weighted by Crippen LogP contribution is 2.17. The lowest BCUT2D eigenvalue weighted by molar-refractivity contribution is -0.121. The van der Waals surface area contributed by atoms with Crippen molar-refractivity contribution < 1.29 is 13.9 Å². The first-order chi connectivity index (χ1) is 9.79. The van der Waals surface area contributed by atoms with Crippen LogP contribution in [0.3, 0.4) is 0 Å². The van der Waals surface area contributed by atoms with Crippen LogP contribution in [0, 0.1) is 0 Å². The zero-order chi connectivity index (χ0) is 14.2. The van der Waals surface area contributed by atoms with Crippen molar-refractivity contribution in [3.63, 3.8) is 0 Å². The van der Waals surface area contributed by atoms with Crippen LogP contribution in [0.25, 0.3) is 11.5 Å². The minimum absolute atomic E-state index is 0.0542. The van der Waals surface area contributed by atoms with Crippen molar-refractivity contribution in [2.24, 2.45) is 0 Å². The lowest BCUT2D eigenvalue weighted by atomic mass is 10.2. The van der Waals surface area contributed by atoms with Gasteiger partial charge in [0.1, 0.15) is 0 Å². The molecule has 0 atom stereocenters. The van der Waals surface area contributed by atoms with Crippen molar-refractivity contribution in [2.45, 2.75) is 12.8 Å². The predicted octanol–water partition coefficient (Wildman–Crippen LogP) is 1.43. The van der Waals surface area contributed by atoms with Gasteiger partial charge in [-0.25, -0.2) is 0 Å². The number of hydrogen-bond donors (Lipinski definition) is 1. The van der Waals surface area contributed by atoms with Crippen LogP contribution in [0.4, 0.5) is 0 Å². The van der Waals surface area contributed by atoms with Crippen LogP contribution in [-0.4, -0.2) is 36.4 Å². The lowest BCUT2D eigenvalue weighted by Gasteiger charge is -2.02. The van der Waals surface area contributed by atoms with E-state index in [1.165, 1.54) is 0 Å². The van der Waals surface area contributed by atoms with E-state index in [9.17, 15) is 4.79 Å². The smallest absolute Gasteiger partial charge is 0.247 e. The van der Waals surface area contributed by atoms with Crippen molar-refractivity contribution >= 4 is 5.91 Å². The fourth-order valence-electron chi connectivity index (χ4n) is 1.65. The molecule has 6 nitrogen and oxygen atoms in total. The number of hydrogen-bond acceptors (Lipinski definition) is 5. The molecule has 6 heteroatoms. The summed E-state index contributed by atoms with van der Waals surface area (Å²) in [5.74, 6) is 0.882. The van der Waals surface area contributed by atoms with Crippen molar-refractivity contribution in [3.05, 3.63) is 36.2 Å². The Morgan fingerprint density at radius 2 is 2.10 bits per heavy atom. The van der Waals surface area contributed by atoms with Gasteiger partial charge in [0.05, 0.1) is 6.61 Å². The van der Waals surface area contributed by atoms with Gasteiger partial charge in [-0.2, -0.15) is 0 Å². The molecule has 0 spiro atoms. The molecule has 1 aromatic heterocycles. The Morgan fingerprint density at radius 3 is 2.85 bits per heavy atom. The number of methoxy groups -OCH3 is 1. The molecular weight excluding hydrogens is 258 g/mol. The summed E-state index contributed by atoms with van der Waals surface area (Å²) in [5.41, 5.74) is 0.871. The van der Waals surface area contributed by atoms with Crippen molar-refractivity contribution in [3.8, 4) is 11.5 Å². The summed E-state index contributed by atoms with van der Waals surface area (Å²) < 4.78 is 10.4. The number of rotatable bonds is 7. The Bertz CT molecular complexity index is 540. The first-order valence-electron chi connectivity index (χ1n) is 6.43. The quantitative estimate of drug-likeness (QED) is 0.773. The van der Waals surface area contributed by atoms with Crippen molar-refractivity contribution in [1.29, 1.82) is 0 Å². The van der Waals surface area contributed by atoms with Gasteiger partial charge in [-0.15, -0.1) is 10.2 Å². The van der Waals surface area contributed by atoms with Crippen LogP contribution in [0.5, 0.6) is 0 Å². The van der Waals surface area contributed by atoms with E-state index in [4.69, 9.17) is 9.15 Å². The minimum Gasteiger partial charge on any atom is -0.421 e. The second-order valence-corrected chi connectivity index (χ2v) is 4.21. The largest absolute Gasteiger partial charge is 0.421 e. The van der Waals surface area contributed by atoms with Crippen LogP contribution in [0.1, 0.15) is 12.3 Å². The zero-order valence-corrected chi connectivity index (χ0v) is 11.3. The normalized spacial score (nSPS) is 10.4. The number of carbonyl (C=O) groups is 1. The summed E-state index contributed by atoms with van der Waals surface area (Å²) in [6.45, 7) is 1.01. The first kappa shape index (κ1) is 14.2. The van der Waals surface area contributed by atoms with E-state index in [0.29, 0.717) is 37.8 Å². The molecule has 1 aromatic carbocycles. The van der Waals surface area contributed by atoms with Crippen LogP contribution in [-0.2, 0) is 16.0 Å². The summed E-state index contributed by atoms with van der Waals surface area (Å²) in [6.07, 6.45) is 0.749. The third kappa shape index (κ3) is 4.17. The SMILES string of the molecule is COCCNC(=O)CCc1nnc(-c2ccccc2)o1. The average molecular weight is 275 g/mol. The molecule has 20 heavy (non-hydrogen) atoms. The van der Waals surface area contributed by atoms with E-state index in [2.05, 4.69) is 15.5 Å². The number of carbonyl (C=O) groups excluding carboxylic acids is 1.